The van der Waals surface area contributed by atoms with E-state index >= 15 is 0 Å². The first-order valence-corrected chi connectivity index (χ1v) is 9.17. The van der Waals surface area contributed by atoms with Gasteiger partial charge in [-0.15, -0.1) is 0 Å². The molecule has 1 N–H and O–H groups in total. The molecule has 6 heteroatoms. The van der Waals surface area contributed by atoms with E-state index in [0.717, 1.165) is 30.4 Å². The topological polar surface area (TPSA) is 52.7 Å². The summed E-state index contributed by atoms with van der Waals surface area (Å²) in [5.74, 6) is 1.45. The van der Waals surface area contributed by atoms with Gasteiger partial charge in [0.25, 0.3) is 5.24 Å². The maximum absolute atomic E-state index is 12.0. The van der Waals surface area contributed by atoms with Crippen molar-refractivity contribution in [2.24, 2.45) is 5.92 Å². The molecule has 2 aliphatic rings. The van der Waals surface area contributed by atoms with Crippen molar-refractivity contribution in [1.82, 2.24) is 4.90 Å². The minimum absolute atomic E-state index is 0.00479. The highest BCUT2D eigenvalue weighted by molar-refractivity contribution is 8.13. The number of nitrogens with zero attached hydrogens (tertiary/aromatic N) is 2. The average Bonchev–Trinajstić information content (AvgIpc) is 2.94. The molecule has 2 aliphatic heterocycles. The van der Waals surface area contributed by atoms with Gasteiger partial charge in [0.2, 0.25) is 5.91 Å². The van der Waals surface area contributed by atoms with Gasteiger partial charge in [0.15, 0.2) is 0 Å². The third kappa shape index (κ3) is 4.19. The molecule has 0 spiro atoms. The summed E-state index contributed by atoms with van der Waals surface area (Å²) in [7, 11) is 0. The van der Waals surface area contributed by atoms with E-state index in [1.165, 1.54) is 30.3 Å². The highest BCUT2D eigenvalue weighted by Gasteiger charge is 2.23. The zero-order chi connectivity index (χ0) is 16.2. The fourth-order valence-electron chi connectivity index (χ4n) is 2.97. The maximum Gasteiger partial charge on any atom is 0.282 e. The average molecular weight is 333 g/mol. The van der Waals surface area contributed by atoms with Crippen LogP contribution in [0.25, 0.3) is 0 Å². The van der Waals surface area contributed by atoms with E-state index in [1.54, 1.807) is 4.90 Å². The van der Waals surface area contributed by atoms with Crippen molar-refractivity contribution in [3.63, 3.8) is 0 Å². The molecule has 0 aliphatic carbocycles. The Kier molecular flexibility index (Phi) is 5.10. The third-order valence-electron chi connectivity index (χ3n) is 4.48. The summed E-state index contributed by atoms with van der Waals surface area (Å²) in [6, 6.07) is 7.99. The molecule has 3 rings (SSSR count). The molecule has 0 atom stereocenters. The van der Waals surface area contributed by atoms with Crippen LogP contribution in [0.2, 0.25) is 0 Å². The summed E-state index contributed by atoms with van der Waals surface area (Å²) in [6.07, 6.45) is 2.47. The summed E-state index contributed by atoms with van der Waals surface area (Å²) in [6.45, 7) is 5.30. The van der Waals surface area contributed by atoms with Crippen LogP contribution in [0.1, 0.15) is 19.8 Å². The van der Waals surface area contributed by atoms with E-state index in [0.29, 0.717) is 6.54 Å². The lowest BCUT2D eigenvalue weighted by molar-refractivity contribution is -0.116. The second kappa shape index (κ2) is 7.25. The molecular formula is C17H23N3O2S. The van der Waals surface area contributed by atoms with E-state index in [-0.39, 0.29) is 17.7 Å². The lowest BCUT2D eigenvalue weighted by Gasteiger charge is -2.32. The molecule has 0 bridgehead atoms. The largest absolute Gasteiger partial charge is 0.372 e. The van der Waals surface area contributed by atoms with Gasteiger partial charge in [-0.25, -0.2) is 0 Å². The zero-order valence-corrected chi connectivity index (χ0v) is 14.3. The van der Waals surface area contributed by atoms with Crippen LogP contribution in [0.3, 0.4) is 0 Å². The van der Waals surface area contributed by atoms with E-state index in [4.69, 9.17) is 0 Å². The Morgan fingerprint density at radius 1 is 1.22 bits per heavy atom. The van der Waals surface area contributed by atoms with Crippen LogP contribution in [-0.2, 0) is 4.79 Å². The molecule has 124 valence electrons. The van der Waals surface area contributed by atoms with E-state index < -0.39 is 0 Å². The Labute approximate surface area is 141 Å². The van der Waals surface area contributed by atoms with Gasteiger partial charge in [0.1, 0.15) is 6.54 Å². The number of thioether (sulfide) groups is 1. The Bertz CT molecular complexity index is 568. The van der Waals surface area contributed by atoms with Crippen LogP contribution in [0.5, 0.6) is 0 Å². The van der Waals surface area contributed by atoms with Crippen molar-refractivity contribution >= 4 is 34.3 Å². The lowest BCUT2D eigenvalue weighted by atomic mass is 9.99. The molecule has 0 aromatic heterocycles. The first-order chi connectivity index (χ1) is 11.1. The summed E-state index contributed by atoms with van der Waals surface area (Å²) < 4.78 is 0. The fraction of sp³-hybridized carbons (Fsp3) is 0.529. The predicted octanol–water partition coefficient (Wildman–Crippen LogP) is 3.03. The molecule has 0 saturated carbocycles. The molecule has 2 amide bonds. The van der Waals surface area contributed by atoms with Crippen molar-refractivity contribution in [1.29, 1.82) is 0 Å². The van der Waals surface area contributed by atoms with Gasteiger partial charge in [0.05, 0.1) is 0 Å². The molecular weight excluding hydrogens is 310 g/mol. The minimum Gasteiger partial charge on any atom is -0.372 e. The highest BCUT2D eigenvalue weighted by Crippen LogP contribution is 2.24. The van der Waals surface area contributed by atoms with Crippen molar-refractivity contribution in [2.75, 3.05) is 42.1 Å². The predicted molar refractivity (Wildman–Crippen MR) is 95.1 cm³/mol. The SMILES string of the molecule is CC1CCN(c2ccc(NC(=O)CN3CCSC3=O)cc2)CC1. The molecule has 0 radical (unpaired) electrons. The summed E-state index contributed by atoms with van der Waals surface area (Å²) >= 11 is 1.27. The van der Waals surface area contributed by atoms with Gasteiger partial charge in [-0.3, -0.25) is 9.59 Å². The van der Waals surface area contributed by atoms with Crippen LogP contribution in [-0.4, -0.2) is 48.0 Å². The zero-order valence-electron chi connectivity index (χ0n) is 13.5. The second-order valence-electron chi connectivity index (χ2n) is 6.30. The smallest absolute Gasteiger partial charge is 0.282 e. The van der Waals surface area contributed by atoms with Crippen molar-refractivity contribution in [3.8, 4) is 0 Å². The van der Waals surface area contributed by atoms with Crippen LogP contribution < -0.4 is 10.2 Å². The first-order valence-electron chi connectivity index (χ1n) is 8.18. The summed E-state index contributed by atoms with van der Waals surface area (Å²) in [5, 5.41) is 2.86. The molecule has 2 saturated heterocycles. The molecule has 1 aromatic rings. The van der Waals surface area contributed by atoms with Gasteiger partial charge in [-0.2, -0.15) is 0 Å². The number of amides is 2. The number of carbonyl (C=O) groups is 2. The number of anilines is 2. The minimum atomic E-state index is -0.139. The van der Waals surface area contributed by atoms with Crippen LogP contribution in [0.15, 0.2) is 24.3 Å². The summed E-state index contributed by atoms with van der Waals surface area (Å²) in [5.41, 5.74) is 1.99. The monoisotopic (exact) mass is 333 g/mol. The van der Waals surface area contributed by atoms with Gasteiger partial charge in [-0.05, 0) is 43.0 Å². The molecule has 2 heterocycles. The number of hydrogen-bond donors (Lipinski definition) is 1. The van der Waals surface area contributed by atoms with Gasteiger partial charge in [-0.1, -0.05) is 18.7 Å². The highest BCUT2D eigenvalue weighted by atomic mass is 32.2. The Morgan fingerprint density at radius 2 is 1.91 bits per heavy atom. The molecule has 5 nitrogen and oxygen atoms in total. The normalized spacial score (nSPS) is 19.3. The van der Waals surface area contributed by atoms with Gasteiger partial charge in [0, 0.05) is 36.8 Å². The number of rotatable bonds is 4. The van der Waals surface area contributed by atoms with Crippen molar-refractivity contribution in [3.05, 3.63) is 24.3 Å². The molecule has 0 unspecified atom stereocenters. The molecule has 2 fully saturated rings. The molecule has 1 aromatic carbocycles. The van der Waals surface area contributed by atoms with Crippen LogP contribution in [0, 0.1) is 5.92 Å². The van der Waals surface area contributed by atoms with Crippen molar-refractivity contribution < 1.29 is 9.59 Å². The molecule has 23 heavy (non-hydrogen) atoms. The van der Waals surface area contributed by atoms with E-state index in [9.17, 15) is 9.59 Å². The quantitative estimate of drug-likeness (QED) is 0.920. The second-order valence-corrected chi connectivity index (χ2v) is 7.35. The number of benzene rings is 1. The Hall–Kier alpha value is -1.69. The fourth-order valence-corrected chi connectivity index (χ4v) is 3.79. The van der Waals surface area contributed by atoms with Gasteiger partial charge >= 0.3 is 0 Å². The van der Waals surface area contributed by atoms with E-state index in [1.807, 2.05) is 12.1 Å². The first kappa shape index (κ1) is 16.2. The van der Waals surface area contributed by atoms with E-state index in [2.05, 4.69) is 29.3 Å². The number of hydrogen-bond acceptors (Lipinski definition) is 4. The maximum atomic E-state index is 12.0. The summed E-state index contributed by atoms with van der Waals surface area (Å²) in [4.78, 5) is 27.5. The van der Waals surface area contributed by atoms with Crippen LogP contribution >= 0.6 is 11.8 Å². The van der Waals surface area contributed by atoms with Crippen molar-refractivity contribution in [2.45, 2.75) is 19.8 Å². The third-order valence-corrected chi connectivity index (χ3v) is 5.37. The standard InChI is InChI=1S/C17H23N3O2S/c1-13-6-8-19(9-7-13)15-4-2-14(3-5-15)18-16(21)12-20-10-11-23-17(20)22/h2-5,13H,6-12H2,1H3,(H,18,21). The Balaban J connectivity index is 1.53. The number of carbonyl (C=O) groups excluding carboxylic acids is 2. The number of piperidine rings is 1. The lowest BCUT2D eigenvalue weighted by Crippen LogP contribution is -2.33. The number of nitrogens with one attached hydrogen (secondary N) is 1. The van der Waals surface area contributed by atoms with Gasteiger partial charge < -0.3 is 15.1 Å². The Morgan fingerprint density at radius 3 is 2.52 bits per heavy atom. The van der Waals surface area contributed by atoms with Crippen LogP contribution in [0.4, 0.5) is 16.2 Å².